The van der Waals surface area contributed by atoms with Crippen molar-refractivity contribution >= 4 is 11.0 Å². The van der Waals surface area contributed by atoms with Crippen LogP contribution in [0.25, 0.3) is 0 Å². The molecular weight excluding hydrogens is 278 g/mol. The van der Waals surface area contributed by atoms with Gasteiger partial charge < -0.3 is 0 Å². The normalized spacial score (nSPS) is 23.3. The molecule has 0 bridgehead atoms. The van der Waals surface area contributed by atoms with Gasteiger partial charge in [-0.25, -0.2) is 8.51 Å². The van der Waals surface area contributed by atoms with E-state index in [9.17, 15) is 4.21 Å². The molecule has 116 valence electrons. The summed E-state index contributed by atoms with van der Waals surface area (Å²) in [6.07, 6.45) is 12.9. The molecule has 21 heavy (non-hydrogen) atoms. The van der Waals surface area contributed by atoms with Crippen molar-refractivity contribution in [1.82, 2.24) is 4.31 Å². The van der Waals surface area contributed by atoms with Crippen LogP contribution in [0.5, 0.6) is 0 Å². The molecule has 1 unspecified atom stereocenters. The molecule has 3 rings (SSSR count). The van der Waals surface area contributed by atoms with E-state index in [4.69, 9.17) is 0 Å². The summed E-state index contributed by atoms with van der Waals surface area (Å²) in [4.78, 5) is 0.980. The predicted molar refractivity (Wildman–Crippen MR) is 88.4 cm³/mol. The standard InChI is InChI=1S/C18H27NOS/c20-21(18-14-8-3-9-15-18)19(16-10-4-1-5-11-16)17-12-6-2-7-13-17/h3,8-9,14-17H,1-2,4-7,10-13H2. The quantitative estimate of drug-likeness (QED) is 0.791. The molecular formula is C18H27NOS. The van der Waals surface area contributed by atoms with Gasteiger partial charge in [-0.2, -0.15) is 0 Å². The Balaban J connectivity index is 1.81. The van der Waals surface area contributed by atoms with E-state index in [1.807, 2.05) is 30.3 Å². The van der Waals surface area contributed by atoms with Crippen LogP contribution in [0.15, 0.2) is 35.2 Å². The zero-order valence-electron chi connectivity index (χ0n) is 12.9. The average molecular weight is 305 g/mol. The molecule has 0 saturated heterocycles. The summed E-state index contributed by atoms with van der Waals surface area (Å²) in [6, 6.07) is 11.1. The maximum atomic E-state index is 13.2. The van der Waals surface area contributed by atoms with Gasteiger partial charge in [-0.15, -0.1) is 0 Å². The second-order valence-corrected chi connectivity index (χ2v) is 7.90. The van der Waals surface area contributed by atoms with E-state index in [-0.39, 0.29) is 0 Å². The summed E-state index contributed by atoms with van der Waals surface area (Å²) in [6.45, 7) is 0. The highest BCUT2D eigenvalue weighted by Gasteiger charge is 2.33. The molecule has 2 aliphatic rings. The summed E-state index contributed by atoms with van der Waals surface area (Å²) in [5, 5.41) is 0. The van der Waals surface area contributed by atoms with Gasteiger partial charge in [-0.05, 0) is 37.8 Å². The predicted octanol–water partition coefficient (Wildman–Crippen LogP) is 4.68. The van der Waals surface area contributed by atoms with Crippen molar-refractivity contribution in [2.75, 3.05) is 0 Å². The monoisotopic (exact) mass is 305 g/mol. The Kier molecular flexibility index (Phi) is 5.48. The van der Waals surface area contributed by atoms with Crippen LogP contribution in [0.4, 0.5) is 0 Å². The van der Waals surface area contributed by atoms with Crippen molar-refractivity contribution in [3.63, 3.8) is 0 Å². The second kappa shape index (κ2) is 7.55. The smallest absolute Gasteiger partial charge is 0.128 e. The van der Waals surface area contributed by atoms with E-state index >= 15 is 0 Å². The van der Waals surface area contributed by atoms with Gasteiger partial charge in [0.2, 0.25) is 0 Å². The Hall–Kier alpha value is -0.670. The Bertz CT molecular complexity index is 432. The molecule has 1 atom stereocenters. The van der Waals surface area contributed by atoms with Gasteiger partial charge in [-0.1, -0.05) is 56.7 Å². The van der Waals surface area contributed by atoms with Crippen molar-refractivity contribution < 1.29 is 4.21 Å². The third kappa shape index (κ3) is 3.75. The molecule has 0 N–H and O–H groups in total. The van der Waals surface area contributed by atoms with Crippen molar-refractivity contribution in [3.8, 4) is 0 Å². The fourth-order valence-electron chi connectivity index (χ4n) is 3.90. The highest BCUT2D eigenvalue weighted by Crippen LogP contribution is 2.32. The van der Waals surface area contributed by atoms with Crippen LogP contribution in [0, 0.1) is 0 Å². The number of rotatable bonds is 4. The summed E-state index contributed by atoms with van der Waals surface area (Å²) in [7, 11) is -0.983. The third-order valence-corrected chi connectivity index (χ3v) is 6.66. The first kappa shape index (κ1) is 15.2. The van der Waals surface area contributed by atoms with Crippen molar-refractivity contribution in [2.45, 2.75) is 81.2 Å². The SMILES string of the molecule is O=S(c1ccccc1)N(C1CCCCC1)C1CCCCC1. The molecule has 3 heteroatoms. The lowest BCUT2D eigenvalue weighted by molar-refractivity contribution is 0.177. The van der Waals surface area contributed by atoms with Gasteiger partial charge in [0, 0.05) is 12.1 Å². The molecule has 1 aromatic carbocycles. The maximum Gasteiger partial charge on any atom is 0.128 e. The van der Waals surface area contributed by atoms with Crippen LogP contribution in [-0.4, -0.2) is 20.6 Å². The fourth-order valence-corrected chi connectivity index (χ4v) is 5.50. The topological polar surface area (TPSA) is 20.3 Å². The molecule has 0 aliphatic heterocycles. The Morgan fingerprint density at radius 3 is 1.71 bits per heavy atom. The molecule has 1 aromatic rings. The van der Waals surface area contributed by atoms with Gasteiger partial charge in [0.15, 0.2) is 0 Å². The van der Waals surface area contributed by atoms with E-state index < -0.39 is 11.0 Å². The molecule has 0 amide bonds. The first-order chi connectivity index (χ1) is 10.4. The minimum absolute atomic E-state index is 0.530. The van der Waals surface area contributed by atoms with Crippen molar-refractivity contribution in [2.24, 2.45) is 0 Å². The Labute approximate surface area is 131 Å². The number of hydrogen-bond donors (Lipinski definition) is 0. The zero-order valence-corrected chi connectivity index (χ0v) is 13.7. The van der Waals surface area contributed by atoms with Gasteiger partial charge in [0.05, 0.1) is 4.90 Å². The molecule has 0 radical (unpaired) electrons. The van der Waals surface area contributed by atoms with Gasteiger partial charge in [0.25, 0.3) is 0 Å². The van der Waals surface area contributed by atoms with Crippen LogP contribution >= 0.6 is 0 Å². The average Bonchev–Trinajstić information content (AvgIpc) is 2.58. The van der Waals surface area contributed by atoms with Crippen LogP contribution in [0.1, 0.15) is 64.2 Å². The lowest BCUT2D eigenvalue weighted by Gasteiger charge is -2.40. The van der Waals surface area contributed by atoms with E-state index in [0.717, 1.165) is 4.90 Å². The van der Waals surface area contributed by atoms with E-state index in [1.165, 1.54) is 64.2 Å². The minimum Gasteiger partial charge on any atom is -0.237 e. The van der Waals surface area contributed by atoms with Crippen LogP contribution in [-0.2, 0) is 11.0 Å². The van der Waals surface area contributed by atoms with Crippen LogP contribution in [0.3, 0.4) is 0 Å². The summed E-state index contributed by atoms with van der Waals surface area (Å²) >= 11 is 0. The van der Waals surface area contributed by atoms with Gasteiger partial charge in [-0.3, -0.25) is 0 Å². The lowest BCUT2D eigenvalue weighted by Crippen LogP contribution is -2.46. The molecule has 2 saturated carbocycles. The zero-order chi connectivity index (χ0) is 14.5. The summed E-state index contributed by atoms with van der Waals surface area (Å²) in [5.74, 6) is 0. The highest BCUT2D eigenvalue weighted by atomic mass is 32.2. The lowest BCUT2D eigenvalue weighted by atomic mass is 9.91. The fraction of sp³-hybridized carbons (Fsp3) is 0.667. The Morgan fingerprint density at radius 2 is 1.24 bits per heavy atom. The first-order valence-electron chi connectivity index (χ1n) is 8.61. The highest BCUT2D eigenvalue weighted by molar-refractivity contribution is 7.82. The van der Waals surface area contributed by atoms with E-state index in [2.05, 4.69) is 4.31 Å². The molecule has 2 nitrogen and oxygen atoms in total. The molecule has 0 heterocycles. The van der Waals surface area contributed by atoms with Crippen LogP contribution in [0.2, 0.25) is 0 Å². The largest absolute Gasteiger partial charge is 0.237 e. The summed E-state index contributed by atoms with van der Waals surface area (Å²) in [5.41, 5.74) is 0. The van der Waals surface area contributed by atoms with Crippen LogP contribution < -0.4 is 0 Å². The summed E-state index contributed by atoms with van der Waals surface area (Å²) < 4.78 is 15.6. The second-order valence-electron chi connectivity index (χ2n) is 6.51. The van der Waals surface area contributed by atoms with Crippen molar-refractivity contribution in [1.29, 1.82) is 0 Å². The number of hydrogen-bond acceptors (Lipinski definition) is 1. The molecule has 0 spiro atoms. The molecule has 2 aliphatic carbocycles. The van der Waals surface area contributed by atoms with E-state index in [0.29, 0.717) is 12.1 Å². The number of nitrogens with zero attached hydrogens (tertiary/aromatic N) is 1. The van der Waals surface area contributed by atoms with Gasteiger partial charge in [0.1, 0.15) is 11.0 Å². The van der Waals surface area contributed by atoms with Crippen molar-refractivity contribution in [3.05, 3.63) is 30.3 Å². The van der Waals surface area contributed by atoms with Gasteiger partial charge >= 0.3 is 0 Å². The number of benzene rings is 1. The first-order valence-corrected chi connectivity index (χ1v) is 9.72. The molecule has 0 aromatic heterocycles. The van der Waals surface area contributed by atoms with E-state index in [1.54, 1.807) is 0 Å². The maximum absolute atomic E-state index is 13.2. The third-order valence-electron chi connectivity index (χ3n) is 5.01. The molecule has 2 fully saturated rings. The minimum atomic E-state index is -0.983. The Morgan fingerprint density at radius 1 is 0.762 bits per heavy atom.